The van der Waals surface area contributed by atoms with Gasteiger partial charge in [0.05, 0.1) is 11.5 Å². The van der Waals surface area contributed by atoms with Crippen LogP contribution in [0.15, 0.2) is 30.5 Å². The maximum atomic E-state index is 5.55. The number of nitrogens with one attached hydrogen (secondary N) is 1. The summed E-state index contributed by atoms with van der Waals surface area (Å²) in [5, 5.41) is 3.98. The van der Waals surface area contributed by atoms with E-state index >= 15 is 0 Å². The minimum atomic E-state index is 0.768. The molecule has 90 valence electrons. The van der Waals surface area contributed by atoms with E-state index in [2.05, 4.69) is 29.4 Å². The Morgan fingerprint density at radius 1 is 1.29 bits per heavy atom. The molecule has 2 rings (SSSR count). The molecule has 0 unspecified atom stereocenters. The highest BCUT2D eigenvalue weighted by atomic mass is 32.1. The van der Waals surface area contributed by atoms with E-state index in [1.54, 1.807) is 11.3 Å². The molecule has 0 radical (unpaired) electrons. The van der Waals surface area contributed by atoms with E-state index in [9.17, 15) is 0 Å². The summed E-state index contributed by atoms with van der Waals surface area (Å²) in [5.41, 5.74) is 1.17. The van der Waals surface area contributed by atoms with Crippen LogP contribution in [0.3, 0.4) is 0 Å². The van der Waals surface area contributed by atoms with Crippen molar-refractivity contribution in [3.63, 3.8) is 0 Å². The molecule has 0 aliphatic heterocycles. The zero-order valence-corrected chi connectivity index (χ0v) is 10.9. The summed E-state index contributed by atoms with van der Waals surface area (Å²) < 4.78 is 5.55. The maximum Gasteiger partial charge on any atom is 0.182 e. The average Bonchev–Trinajstić information content (AvgIpc) is 2.86. The molecule has 0 spiro atoms. The Hall–Kier alpha value is -1.55. The molecule has 1 N–H and O–H groups in total. The maximum absolute atomic E-state index is 5.55. The lowest BCUT2D eigenvalue weighted by molar-refractivity contribution is 0.317. The van der Waals surface area contributed by atoms with Crippen molar-refractivity contribution in [2.24, 2.45) is 0 Å². The molecular formula is C13H16N2OS. The highest BCUT2D eigenvalue weighted by Crippen LogP contribution is 2.29. The normalized spacial score (nSPS) is 10.2. The molecule has 4 heteroatoms. The lowest BCUT2D eigenvalue weighted by atomic mass is 10.2. The van der Waals surface area contributed by atoms with Gasteiger partial charge in [0.15, 0.2) is 5.13 Å². The summed E-state index contributed by atoms with van der Waals surface area (Å²) in [6.07, 6.45) is 2.92. The van der Waals surface area contributed by atoms with Gasteiger partial charge in [-0.2, -0.15) is 0 Å². The van der Waals surface area contributed by atoms with Gasteiger partial charge >= 0.3 is 0 Å². The van der Waals surface area contributed by atoms with Crippen molar-refractivity contribution in [3.05, 3.63) is 30.5 Å². The molecule has 0 aliphatic rings. The Kier molecular flexibility index (Phi) is 3.98. The van der Waals surface area contributed by atoms with Gasteiger partial charge in [-0.25, -0.2) is 4.98 Å². The third kappa shape index (κ3) is 2.97. The number of nitrogens with zero attached hydrogens (tertiary/aromatic N) is 1. The predicted molar refractivity (Wildman–Crippen MR) is 72.9 cm³/mol. The number of ether oxygens (including phenoxy) is 1. The zero-order valence-electron chi connectivity index (χ0n) is 10.1. The molecule has 0 bridgehead atoms. The summed E-state index contributed by atoms with van der Waals surface area (Å²) >= 11 is 1.65. The van der Waals surface area contributed by atoms with E-state index < -0.39 is 0 Å². The van der Waals surface area contributed by atoms with Crippen molar-refractivity contribution in [2.45, 2.75) is 13.3 Å². The largest absolute Gasteiger partial charge is 0.494 e. The lowest BCUT2D eigenvalue weighted by Crippen LogP contribution is -1.94. The zero-order chi connectivity index (χ0) is 12.1. The molecule has 0 saturated carbocycles. The number of anilines is 1. The van der Waals surface area contributed by atoms with E-state index in [1.807, 2.05) is 25.4 Å². The molecule has 0 atom stereocenters. The molecule has 2 aromatic rings. The van der Waals surface area contributed by atoms with Crippen LogP contribution in [0.1, 0.15) is 13.3 Å². The molecule has 1 heterocycles. The minimum absolute atomic E-state index is 0.768. The molecule has 0 fully saturated rings. The topological polar surface area (TPSA) is 34.1 Å². The quantitative estimate of drug-likeness (QED) is 0.877. The van der Waals surface area contributed by atoms with Crippen LogP contribution >= 0.6 is 11.3 Å². The molecule has 3 nitrogen and oxygen atoms in total. The third-order valence-electron chi connectivity index (χ3n) is 2.33. The van der Waals surface area contributed by atoms with Gasteiger partial charge in [0.25, 0.3) is 0 Å². The van der Waals surface area contributed by atoms with Gasteiger partial charge in [0.1, 0.15) is 5.75 Å². The Bertz CT molecular complexity index is 465. The molecule has 0 aliphatic carbocycles. The smallest absolute Gasteiger partial charge is 0.182 e. The van der Waals surface area contributed by atoms with Crippen LogP contribution in [0.5, 0.6) is 5.75 Å². The van der Waals surface area contributed by atoms with Crippen LogP contribution in [-0.4, -0.2) is 18.6 Å². The first-order valence-electron chi connectivity index (χ1n) is 5.70. The number of hydrogen-bond donors (Lipinski definition) is 1. The van der Waals surface area contributed by atoms with Crippen LogP contribution in [-0.2, 0) is 0 Å². The monoisotopic (exact) mass is 248 g/mol. The van der Waals surface area contributed by atoms with Crippen LogP contribution in [0.4, 0.5) is 5.13 Å². The van der Waals surface area contributed by atoms with E-state index in [-0.39, 0.29) is 0 Å². The molecule has 17 heavy (non-hydrogen) atoms. The summed E-state index contributed by atoms with van der Waals surface area (Å²) in [6, 6.07) is 8.14. The van der Waals surface area contributed by atoms with Gasteiger partial charge < -0.3 is 10.1 Å². The standard InChI is InChI=1S/C13H16N2OS/c1-3-8-16-11-6-4-10(5-7-11)12-9-15-13(14-2)17-12/h4-7,9H,3,8H2,1-2H3,(H,14,15). The first-order valence-corrected chi connectivity index (χ1v) is 6.52. The van der Waals surface area contributed by atoms with Crippen molar-refractivity contribution in [1.82, 2.24) is 4.98 Å². The molecule has 1 aromatic carbocycles. The van der Waals surface area contributed by atoms with Gasteiger partial charge in [0.2, 0.25) is 0 Å². The Balaban J connectivity index is 2.11. The Morgan fingerprint density at radius 2 is 2.06 bits per heavy atom. The van der Waals surface area contributed by atoms with Gasteiger partial charge in [-0.05, 0) is 36.2 Å². The second-order valence-electron chi connectivity index (χ2n) is 3.65. The fourth-order valence-corrected chi connectivity index (χ4v) is 2.23. The third-order valence-corrected chi connectivity index (χ3v) is 3.40. The van der Waals surface area contributed by atoms with Gasteiger partial charge in [-0.1, -0.05) is 18.3 Å². The van der Waals surface area contributed by atoms with E-state index in [0.717, 1.165) is 28.8 Å². The predicted octanol–water partition coefficient (Wildman–Crippen LogP) is 3.64. The van der Waals surface area contributed by atoms with E-state index in [0.29, 0.717) is 0 Å². The Labute approximate surface area is 105 Å². The van der Waals surface area contributed by atoms with Crippen LogP contribution in [0, 0.1) is 0 Å². The van der Waals surface area contributed by atoms with Crippen LogP contribution in [0.2, 0.25) is 0 Å². The van der Waals surface area contributed by atoms with Crippen molar-refractivity contribution >= 4 is 16.5 Å². The fraction of sp³-hybridized carbons (Fsp3) is 0.308. The number of thiazole rings is 1. The summed E-state index contributed by atoms with van der Waals surface area (Å²) in [6.45, 7) is 2.87. The summed E-state index contributed by atoms with van der Waals surface area (Å²) in [5.74, 6) is 0.925. The lowest BCUT2D eigenvalue weighted by Gasteiger charge is -2.04. The average molecular weight is 248 g/mol. The number of aromatic nitrogens is 1. The second-order valence-corrected chi connectivity index (χ2v) is 4.68. The van der Waals surface area contributed by atoms with Crippen molar-refractivity contribution in [3.8, 4) is 16.2 Å². The Morgan fingerprint density at radius 3 is 2.65 bits per heavy atom. The highest BCUT2D eigenvalue weighted by molar-refractivity contribution is 7.18. The molecule has 0 amide bonds. The molecule has 0 saturated heterocycles. The van der Waals surface area contributed by atoms with Gasteiger partial charge in [-0.15, -0.1) is 0 Å². The highest BCUT2D eigenvalue weighted by Gasteiger charge is 2.03. The fourth-order valence-electron chi connectivity index (χ4n) is 1.46. The summed E-state index contributed by atoms with van der Waals surface area (Å²) in [7, 11) is 1.88. The second kappa shape index (κ2) is 5.68. The molecule has 1 aromatic heterocycles. The first-order chi connectivity index (χ1) is 8.33. The SMILES string of the molecule is CCCOc1ccc(-c2cnc(NC)s2)cc1. The number of hydrogen-bond acceptors (Lipinski definition) is 4. The van der Waals surface area contributed by atoms with Crippen LogP contribution < -0.4 is 10.1 Å². The van der Waals surface area contributed by atoms with Crippen molar-refractivity contribution < 1.29 is 4.74 Å². The van der Waals surface area contributed by atoms with E-state index in [1.165, 1.54) is 5.56 Å². The first kappa shape index (κ1) is 11.9. The van der Waals surface area contributed by atoms with Crippen molar-refractivity contribution in [1.29, 1.82) is 0 Å². The van der Waals surface area contributed by atoms with Gasteiger partial charge in [0, 0.05) is 13.2 Å². The van der Waals surface area contributed by atoms with Crippen LogP contribution in [0.25, 0.3) is 10.4 Å². The van der Waals surface area contributed by atoms with Crippen molar-refractivity contribution in [2.75, 3.05) is 19.0 Å². The van der Waals surface area contributed by atoms with Gasteiger partial charge in [-0.3, -0.25) is 0 Å². The minimum Gasteiger partial charge on any atom is -0.494 e. The molecular weight excluding hydrogens is 232 g/mol. The number of benzene rings is 1. The summed E-state index contributed by atoms with van der Waals surface area (Å²) in [4.78, 5) is 5.42. The number of rotatable bonds is 5. The van der Waals surface area contributed by atoms with E-state index in [4.69, 9.17) is 4.74 Å².